The van der Waals surface area contributed by atoms with Crippen molar-refractivity contribution in [3.63, 3.8) is 0 Å². The molecule has 6 heteroatoms. The van der Waals surface area contributed by atoms with Crippen LogP contribution in [0.15, 0.2) is 35.3 Å². The maximum atomic E-state index is 5.33. The number of nitrogens with one attached hydrogen (secondary N) is 2. The van der Waals surface area contributed by atoms with Gasteiger partial charge in [0.25, 0.3) is 0 Å². The van der Waals surface area contributed by atoms with Gasteiger partial charge in [-0.15, -0.1) is 24.0 Å². The van der Waals surface area contributed by atoms with Crippen molar-refractivity contribution in [2.24, 2.45) is 10.9 Å². The minimum atomic E-state index is 0. The van der Waals surface area contributed by atoms with E-state index in [2.05, 4.69) is 57.8 Å². The molecule has 2 atom stereocenters. The first-order valence-corrected chi connectivity index (χ1v) is 10.4. The number of methoxy groups -OCH3 is 1. The monoisotopic (exact) mass is 500 g/mol. The normalized spacial score (nSPS) is 22.8. The second-order valence-electron chi connectivity index (χ2n) is 8.22. The molecule has 2 unspecified atom stereocenters. The highest BCUT2D eigenvalue weighted by atomic mass is 127. The molecule has 28 heavy (non-hydrogen) atoms. The molecule has 1 aromatic carbocycles. The van der Waals surface area contributed by atoms with Crippen molar-refractivity contribution in [1.29, 1.82) is 0 Å². The molecule has 0 spiro atoms. The lowest BCUT2D eigenvalue weighted by Gasteiger charge is -2.35. The number of rotatable bonds is 7. The van der Waals surface area contributed by atoms with Crippen molar-refractivity contribution in [2.75, 3.05) is 40.4 Å². The largest absolute Gasteiger partial charge is 0.384 e. The molecule has 1 aromatic rings. The smallest absolute Gasteiger partial charge is 0.193 e. The minimum Gasteiger partial charge on any atom is -0.384 e. The number of halogens is 1. The summed E-state index contributed by atoms with van der Waals surface area (Å²) < 4.78 is 5.33. The lowest BCUT2D eigenvalue weighted by molar-refractivity contribution is 0.157. The number of hydrogen-bond donors (Lipinski definition) is 2. The highest BCUT2D eigenvalue weighted by Gasteiger charge is 2.36. The van der Waals surface area contributed by atoms with Crippen molar-refractivity contribution in [1.82, 2.24) is 15.5 Å². The average Bonchev–Trinajstić information content (AvgIpc) is 3.34. The Hall–Kier alpha value is -0.860. The Morgan fingerprint density at radius 1 is 1.29 bits per heavy atom. The maximum absolute atomic E-state index is 5.33. The first-order valence-electron chi connectivity index (χ1n) is 10.4. The lowest BCUT2D eigenvalue weighted by Crippen LogP contribution is -2.54. The van der Waals surface area contributed by atoms with E-state index in [9.17, 15) is 0 Å². The molecule has 2 N–H and O–H groups in total. The Balaban J connectivity index is 0.00000280. The van der Waals surface area contributed by atoms with E-state index in [1.54, 1.807) is 7.11 Å². The van der Waals surface area contributed by atoms with Crippen LogP contribution in [-0.4, -0.2) is 56.8 Å². The third kappa shape index (κ3) is 6.07. The summed E-state index contributed by atoms with van der Waals surface area (Å²) in [5.41, 5.74) is 1.51. The van der Waals surface area contributed by atoms with Gasteiger partial charge in [-0.05, 0) is 31.7 Å². The van der Waals surface area contributed by atoms with E-state index in [4.69, 9.17) is 4.74 Å². The number of likely N-dealkylation sites (tertiary alicyclic amines) is 1. The number of aliphatic imine (C=N–C) groups is 1. The molecule has 158 valence electrons. The van der Waals surface area contributed by atoms with Gasteiger partial charge in [-0.3, -0.25) is 4.99 Å². The highest BCUT2D eigenvalue weighted by molar-refractivity contribution is 14.0. The van der Waals surface area contributed by atoms with E-state index in [1.807, 2.05) is 7.05 Å². The van der Waals surface area contributed by atoms with Crippen LogP contribution in [0.5, 0.6) is 0 Å². The van der Waals surface area contributed by atoms with Crippen molar-refractivity contribution in [2.45, 2.75) is 50.6 Å². The van der Waals surface area contributed by atoms with Gasteiger partial charge in [0.05, 0.1) is 6.61 Å². The minimum absolute atomic E-state index is 0. The predicted octanol–water partition coefficient (Wildman–Crippen LogP) is 3.81. The highest BCUT2D eigenvalue weighted by Crippen LogP contribution is 2.32. The van der Waals surface area contributed by atoms with Crippen LogP contribution in [-0.2, 0) is 4.74 Å². The summed E-state index contributed by atoms with van der Waals surface area (Å²) in [4.78, 5) is 6.94. The Morgan fingerprint density at radius 2 is 2.00 bits per heavy atom. The third-order valence-corrected chi connectivity index (χ3v) is 6.17. The fraction of sp³-hybridized carbons (Fsp3) is 0.682. The summed E-state index contributed by atoms with van der Waals surface area (Å²) in [5.74, 6) is 1.65. The standard InChI is InChI=1S/C22H36N4O.HI/c1-18(20-9-5-4-6-10-20)25-22(12-7-8-13-22)17-24-21(23-2)26-14-11-19(15-26)16-27-3;/h4-6,9-10,18-19,25H,7-8,11-17H2,1-3H3,(H,23,24);1H. The first-order chi connectivity index (χ1) is 13.2. The molecule has 1 saturated heterocycles. The van der Waals surface area contributed by atoms with E-state index in [-0.39, 0.29) is 29.5 Å². The number of benzene rings is 1. The molecule has 0 amide bonds. The maximum Gasteiger partial charge on any atom is 0.193 e. The molecule has 1 aliphatic carbocycles. The van der Waals surface area contributed by atoms with E-state index in [0.717, 1.165) is 32.2 Å². The Bertz CT molecular complexity index is 604. The zero-order valence-corrected chi connectivity index (χ0v) is 19.9. The zero-order valence-electron chi connectivity index (χ0n) is 17.6. The van der Waals surface area contributed by atoms with Crippen LogP contribution < -0.4 is 10.6 Å². The van der Waals surface area contributed by atoms with Gasteiger partial charge in [-0.1, -0.05) is 43.2 Å². The van der Waals surface area contributed by atoms with E-state index in [0.29, 0.717) is 12.0 Å². The second kappa shape index (κ2) is 11.4. The number of nitrogens with zero attached hydrogens (tertiary/aromatic N) is 2. The Kier molecular flexibility index (Phi) is 9.50. The van der Waals surface area contributed by atoms with Gasteiger partial charge in [0.2, 0.25) is 0 Å². The van der Waals surface area contributed by atoms with Crippen LogP contribution in [0.25, 0.3) is 0 Å². The van der Waals surface area contributed by atoms with Crippen molar-refractivity contribution >= 4 is 29.9 Å². The Labute approximate surface area is 187 Å². The number of hydrogen-bond acceptors (Lipinski definition) is 3. The first kappa shape index (κ1) is 23.4. The summed E-state index contributed by atoms with van der Waals surface area (Å²) >= 11 is 0. The summed E-state index contributed by atoms with van der Waals surface area (Å²) in [7, 11) is 3.69. The van der Waals surface area contributed by atoms with Crippen LogP contribution in [0.3, 0.4) is 0 Å². The molecule has 5 nitrogen and oxygen atoms in total. The van der Waals surface area contributed by atoms with Crippen LogP contribution in [0, 0.1) is 5.92 Å². The zero-order chi connectivity index (χ0) is 19.1. The van der Waals surface area contributed by atoms with Gasteiger partial charge < -0.3 is 20.3 Å². The third-order valence-electron chi connectivity index (χ3n) is 6.17. The summed E-state index contributed by atoms with van der Waals surface area (Å²) in [6.07, 6.45) is 6.23. The average molecular weight is 500 g/mol. The fourth-order valence-electron chi connectivity index (χ4n) is 4.69. The molecule has 1 aliphatic heterocycles. The quantitative estimate of drug-likeness (QED) is 0.340. The van der Waals surface area contributed by atoms with Gasteiger partial charge in [0, 0.05) is 51.3 Å². The molecule has 1 saturated carbocycles. The molecule has 0 bridgehead atoms. The summed E-state index contributed by atoms with van der Waals surface area (Å²) in [5, 5.41) is 7.64. The number of guanidine groups is 1. The van der Waals surface area contributed by atoms with Crippen molar-refractivity contribution in [3.05, 3.63) is 35.9 Å². The Morgan fingerprint density at radius 3 is 2.64 bits per heavy atom. The molecular formula is C22H37IN4O. The van der Waals surface area contributed by atoms with E-state index >= 15 is 0 Å². The van der Waals surface area contributed by atoms with Gasteiger partial charge in [-0.2, -0.15) is 0 Å². The van der Waals surface area contributed by atoms with Crippen molar-refractivity contribution in [3.8, 4) is 0 Å². The van der Waals surface area contributed by atoms with Gasteiger partial charge in [0.1, 0.15) is 0 Å². The van der Waals surface area contributed by atoms with Crippen LogP contribution in [0.1, 0.15) is 50.6 Å². The molecule has 0 radical (unpaired) electrons. The lowest BCUT2D eigenvalue weighted by atomic mass is 9.94. The van der Waals surface area contributed by atoms with Gasteiger partial charge in [0.15, 0.2) is 5.96 Å². The van der Waals surface area contributed by atoms with E-state index in [1.165, 1.54) is 37.7 Å². The molecule has 2 aliphatic rings. The van der Waals surface area contributed by atoms with Gasteiger partial charge >= 0.3 is 0 Å². The molecular weight excluding hydrogens is 463 g/mol. The van der Waals surface area contributed by atoms with Crippen LogP contribution in [0.4, 0.5) is 0 Å². The van der Waals surface area contributed by atoms with Crippen molar-refractivity contribution < 1.29 is 4.74 Å². The topological polar surface area (TPSA) is 48.9 Å². The second-order valence-corrected chi connectivity index (χ2v) is 8.22. The molecule has 0 aromatic heterocycles. The van der Waals surface area contributed by atoms with Crippen LogP contribution >= 0.6 is 24.0 Å². The summed E-state index contributed by atoms with van der Waals surface area (Å²) in [6.45, 7) is 6.15. The molecule has 2 fully saturated rings. The molecule has 1 heterocycles. The molecule has 3 rings (SSSR count). The fourth-order valence-corrected chi connectivity index (χ4v) is 4.69. The predicted molar refractivity (Wildman–Crippen MR) is 128 cm³/mol. The summed E-state index contributed by atoms with van der Waals surface area (Å²) in [6, 6.07) is 11.1. The van der Waals surface area contributed by atoms with E-state index < -0.39 is 0 Å². The SMILES string of the molecule is CN=C(NCC1(NC(C)c2ccccc2)CCCC1)N1CCC(COC)C1.I. The van der Waals surface area contributed by atoms with Crippen LogP contribution in [0.2, 0.25) is 0 Å². The number of ether oxygens (including phenoxy) is 1. The van der Waals surface area contributed by atoms with Gasteiger partial charge in [-0.25, -0.2) is 0 Å².